The van der Waals surface area contributed by atoms with E-state index in [9.17, 15) is 4.79 Å². The zero-order valence-electron chi connectivity index (χ0n) is 8.38. The van der Waals surface area contributed by atoms with Crippen molar-refractivity contribution in [2.24, 2.45) is 0 Å². The van der Waals surface area contributed by atoms with Gasteiger partial charge in [-0.25, -0.2) is 9.97 Å². The second-order valence-electron chi connectivity index (χ2n) is 2.88. The van der Waals surface area contributed by atoms with Crippen LogP contribution in [-0.2, 0) is 4.79 Å². The lowest BCUT2D eigenvalue weighted by atomic mass is 10.4. The third-order valence-electron chi connectivity index (χ3n) is 1.71. The van der Waals surface area contributed by atoms with Gasteiger partial charge in [0.05, 0.1) is 5.25 Å². The maximum Gasteiger partial charge on any atom is 0.239 e. The molecule has 8 heteroatoms. The van der Waals surface area contributed by atoms with Gasteiger partial charge in [-0.1, -0.05) is 11.8 Å². The molecule has 0 spiro atoms. The lowest BCUT2D eigenvalue weighted by Crippen LogP contribution is -2.22. The smallest absolute Gasteiger partial charge is 0.239 e. The summed E-state index contributed by atoms with van der Waals surface area (Å²) in [4.78, 5) is 19.6. The number of carbonyl (C=O) groups is 1. The molecular weight excluding hydrogens is 246 g/mol. The Balaban J connectivity index is 1.90. The minimum Gasteiger partial charge on any atom is -0.301 e. The monoisotopic (exact) mass is 255 g/mol. The average molecular weight is 255 g/mol. The first-order valence-corrected chi connectivity index (χ1v) is 6.24. The summed E-state index contributed by atoms with van der Waals surface area (Å²) < 4.78 is 0. The van der Waals surface area contributed by atoms with Crippen molar-refractivity contribution in [1.29, 1.82) is 0 Å². The van der Waals surface area contributed by atoms with Crippen molar-refractivity contribution in [3.8, 4) is 0 Å². The van der Waals surface area contributed by atoms with E-state index in [0.717, 1.165) is 0 Å². The maximum atomic E-state index is 11.7. The molecule has 0 radical (unpaired) electrons. The van der Waals surface area contributed by atoms with Crippen molar-refractivity contribution >= 4 is 34.1 Å². The lowest BCUT2D eigenvalue weighted by Gasteiger charge is -2.07. The molecule has 0 aliphatic rings. The number of hydrogen-bond donors (Lipinski definition) is 2. The Hall–Kier alpha value is -1.41. The van der Waals surface area contributed by atoms with Crippen LogP contribution in [0.3, 0.4) is 0 Å². The van der Waals surface area contributed by atoms with Crippen LogP contribution >= 0.6 is 23.1 Å². The van der Waals surface area contributed by atoms with E-state index in [0.29, 0.717) is 10.3 Å². The van der Waals surface area contributed by atoms with Crippen LogP contribution < -0.4 is 5.32 Å². The van der Waals surface area contributed by atoms with Crippen LogP contribution in [0.15, 0.2) is 23.1 Å². The van der Waals surface area contributed by atoms with Gasteiger partial charge in [-0.2, -0.15) is 5.10 Å². The number of hydrogen-bond acceptors (Lipinski definition) is 6. The Morgan fingerprint density at radius 3 is 3.12 bits per heavy atom. The molecule has 0 aliphatic heterocycles. The minimum atomic E-state index is -0.253. The number of carbonyl (C=O) groups excluding carboxylic acids is 1. The molecule has 2 heterocycles. The number of nitrogens with zero attached hydrogens (tertiary/aromatic N) is 3. The van der Waals surface area contributed by atoms with Gasteiger partial charge in [0.15, 0.2) is 10.3 Å². The zero-order chi connectivity index (χ0) is 11.4. The predicted octanol–water partition coefficient (Wildman–Crippen LogP) is 1.38. The van der Waals surface area contributed by atoms with Crippen molar-refractivity contribution in [3.05, 3.63) is 17.9 Å². The average Bonchev–Trinajstić information content (AvgIpc) is 2.90. The van der Waals surface area contributed by atoms with E-state index in [1.807, 2.05) is 5.38 Å². The number of anilines is 1. The van der Waals surface area contributed by atoms with Crippen molar-refractivity contribution < 1.29 is 4.79 Å². The highest BCUT2D eigenvalue weighted by atomic mass is 32.2. The fourth-order valence-electron chi connectivity index (χ4n) is 0.964. The molecule has 0 saturated carbocycles. The van der Waals surface area contributed by atoms with E-state index in [1.165, 1.54) is 29.4 Å². The second kappa shape index (κ2) is 5.08. The van der Waals surface area contributed by atoms with E-state index >= 15 is 0 Å². The fraction of sp³-hybridized carbons (Fsp3) is 0.250. The largest absolute Gasteiger partial charge is 0.301 e. The van der Waals surface area contributed by atoms with Gasteiger partial charge in [0, 0.05) is 11.6 Å². The normalized spacial score (nSPS) is 12.3. The second-order valence-corrected chi connectivity index (χ2v) is 5.10. The van der Waals surface area contributed by atoms with Gasteiger partial charge in [0.25, 0.3) is 0 Å². The highest BCUT2D eigenvalue weighted by molar-refractivity contribution is 8.00. The number of rotatable bonds is 4. The molecule has 0 aliphatic carbocycles. The third kappa shape index (κ3) is 2.80. The SMILES string of the molecule is C[C@@H](Sc1ncn[nH]1)C(=O)Nc1nccs1. The van der Waals surface area contributed by atoms with Crippen LogP contribution in [0, 0.1) is 0 Å². The molecule has 2 aromatic heterocycles. The van der Waals surface area contributed by atoms with Crippen LogP contribution in [0.5, 0.6) is 0 Å². The van der Waals surface area contributed by atoms with E-state index < -0.39 is 0 Å². The Bertz CT molecular complexity index is 441. The molecule has 1 atom stereocenters. The number of thioether (sulfide) groups is 1. The van der Waals surface area contributed by atoms with E-state index in [-0.39, 0.29) is 11.2 Å². The molecule has 0 unspecified atom stereocenters. The highest BCUT2D eigenvalue weighted by Gasteiger charge is 2.16. The van der Waals surface area contributed by atoms with Gasteiger partial charge >= 0.3 is 0 Å². The Kier molecular flexibility index (Phi) is 3.52. The van der Waals surface area contributed by atoms with E-state index in [2.05, 4.69) is 25.5 Å². The van der Waals surface area contributed by atoms with Gasteiger partial charge in [0.2, 0.25) is 5.91 Å². The summed E-state index contributed by atoms with van der Waals surface area (Å²) in [5, 5.41) is 11.9. The fourth-order valence-corrected chi connectivity index (χ4v) is 2.21. The van der Waals surface area contributed by atoms with Crippen LogP contribution in [0.25, 0.3) is 0 Å². The van der Waals surface area contributed by atoms with Crippen LogP contribution in [-0.4, -0.2) is 31.3 Å². The van der Waals surface area contributed by atoms with Gasteiger partial charge in [0.1, 0.15) is 6.33 Å². The van der Waals surface area contributed by atoms with Crippen molar-refractivity contribution in [2.45, 2.75) is 17.3 Å². The summed E-state index contributed by atoms with van der Waals surface area (Å²) >= 11 is 2.70. The third-order valence-corrected chi connectivity index (χ3v) is 3.39. The molecule has 1 amide bonds. The summed E-state index contributed by atoms with van der Waals surface area (Å²) in [7, 11) is 0. The summed E-state index contributed by atoms with van der Waals surface area (Å²) in [6, 6.07) is 0. The Labute approximate surface area is 99.9 Å². The molecule has 16 heavy (non-hydrogen) atoms. The molecule has 0 bridgehead atoms. The number of H-pyrrole nitrogens is 1. The molecule has 2 aromatic rings. The number of thiazole rings is 1. The zero-order valence-corrected chi connectivity index (χ0v) is 10.0. The molecular formula is C8H9N5OS2. The van der Waals surface area contributed by atoms with Gasteiger partial charge in [-0.05, 0) is 6.92 Å². The van der Waals surface area contributed by atoms with Gasteiger partial charge in [-0.3, -0.25) is 9.89 Å². The predicted molar refractivity (Wildman–Crippen MR) is 62.4 cm³/mol. The highest BCUT2D eigenvalue weighted by Crippen LogP contribution is 2.20. The van der Waals surface area contributed by atoms with E-state index in [4.69, 9.17) is 0 Å². The molecule has 0 fully saturated rings. The topological polar surface area (TPSA) is 83.6 Å². The van der Waals surface area contributed by atoms with Crippen molar-refractivity contribution in [1.82, 2.24) is 20.2 Å². The van der Waals surface area contributed by atoms with Crippen molar-refractivity contribution in [2.75, 3.05) is 5.32 Å². The maximum absolute atomic E-state index is 11.7. The molecule has 2 rings (SSSR count). The van der Waals surface area contributed by atoms with Crippen molar-refractivity contribution in [3.63, 3.8) is 0 Å². The molecule has 0 aromatic carbocycles. The molecule has 0 saturated heterocycles. The van der Waals surface area contributed by atoms with Crippen LogP contribution in [0.1, 0.15) is 6.92 Å². The number of amides is 1. The number of aromatic nitrogens is 4. The first kappa shape index (κ1) is 11.1. The first-order valence-electron chi connectivity index (χ1n) is 4.48. The summed E-state index contributed by atoms with van der Waals surface area (Å²) in [6.45, 7) is 1.80. The Morgan fingerprint density at radius 2 is 2.50 bits per heavy atom. The van der Waals surface area contributed by atoms with Gasteiger partial charge in [-0.15, -0.1) is 11.3 Å². The standard InChI is InChI=1S/C8H9N5OS2/c1-5(16-8-10-4-11-13-8)6(14)12-7-9-2-3-15-7/h2-5H,1H3,(H,9,12,14)(H,10,11,13)/t5-/m1/s1. The molecule has 2 N–H and O–H groups in total. The van der Waals surface area contributed by atoms with Crippen LogP contribution in [0.2, 0.25) is 0 Å². The Morgan fingerprint density at radius 1 is 1.62 bits per heavy atom. The summed E-state index contributed by atoms with van der Waals surface area (Å²) in [5.41, 5.74) is 0. The summed E-state index contributed by atoms with van der Waals surface area (Å²) in [5.74, 6) is -0.101. The quantitative estimate of drug-likeness (QED) is 0.806. The molecule has 6 nitrogen and oxygen atoms in total. The first-order chi connectivity index (χ1) is 7.75. The van der Waals surface area contributed by atoms with Crippen LogP contribution in [0.4, 0.5) is 5.13 Å². The number of aromatic amines is 1. The molecule has 84 valence electrons. The lowest BCUT2D eigenvalue weighted by molar-refractivity contribution is -0.115. The minimum absolute atomic E-state index is 0.101. The summed E-state index contributed by atoms with van der Waals surface area (Å²) in [6.07, 6.45) is 3.06. The number of nitrogens with one attached hydrogen (secondary N) is 2. The van der Waals surface area contributed by atoms with E-state index in [1.54, 1.807) is 13.1 Å². The van der Waals surface area contributed by atoms with Gasteiger partial charge < -0.3 is 5.32 Å².